The first-order chi connectivity index (χ1) is 19.6. The van der Waals surface area contributed by atoms with Crippen LogP contribution in [0.2, 0.25) is 5.02 Å². The predicted molar refractivity (Wildman–Crippen MR) is 158 cm³/mol. The lowest BCUT2D eigenvalue weighted by Gasteiger charge is -2.44. The first-order valence-corrected chi connectivity index (χ1v) is 16.5. The summed E-state index contributed by atoms with van der Waals surface area (Å²) in [4.78, 5) is 28.9. The van der Waals surface area contributed by atoms with Crippen LogP contribution in [-0.4, -0.2) is 44.6 Å². The fourth-order valence-electron chi connectivity index (χ4n) is 7.56. The van der Waals surface area contributed by atoms with E-state index in [0.717, 1.165) is 42.8 Å². The van der Waals surface area contributed by atoms with E-state index >= 15 is 0 Å². The number of ketones is 1. The first-order valence-electron chi connectivity index (χ1n) is 14.7. The van der Waals surface area contributed by atoms with Gasteiger partial charge in [0.1, 0.15) is 5.75 Å². The number of halogens is 1. The second kappa shape index (κ2) is 9.60. The van der Waals surface area contributed by atoms with Gasteiger partial charge < -0.3 is 9.64 Å². The Morgan fingerprint density at radius 1 is 1.12 bits per heavy atom. The van der Waals surface area contributed by atoms with Gasteiger partial charge in [-0.05, 0) is 111 Å². The van der Waals surface area contributed by atoms with Crippen molar-refractivity contribution in [3.8, 4) is 5.75 Å². The average Bonchev–Trinajstić information content (AvgIpc) is 3.62. The molecular weight excluding hydrogens is 560 g/mol. The van der Waals surface area contributed by atoms with Crippen LogP contribution in [0.1, 0.15) is 66.9 Å². The summed E-state index contributed by atoms with van der Waals surface area (Å²) in [6.07, 6.45) is 9.21. The SMILES string of the molecule is C[C@@]12C[C@H]1C/C=C/C(=O)[C@@H]1CC[C@H]1CN1C[C@@]3(CCCc4cc(Cl)ccc43)COc3ccc(cc31)C(=O)NS2(=O)=O. The molecule has 2 aromatic rings. The second-order valence-corrected chi connectivity index (χ2v) is 15.5. The van der Waals surface area contributed by atoms with Crippen LogP contribution < -0.4 is 14.4 Å². The molecule has 2 saturated carbocycles. The molecule has 2 aliphatic heterocycles. The first kappa shape index (κ1) is 27.0. The standard InChI is InChI=1S/C32H35ClN2O5S/c1-31-16-23(31)5-2-6-28(36)25-10-7-22(25)17-35-18-32(13-3-4-20-14-24(33)9-11-26(20)32)19-40-29-12-8-21(15-27(29)35)30(37)34-41(31,38)39/h2,6,8-9,11-12,14-15,22-23,25H,3-5,7,10,13,16-19H2,1H3,(H,34,37)/b6-2+/t22-,23+,25+,31+,32-/m0/s1. The van der Waals surface area contributed by atoms with E-state index < -0.39 is 20.7 Å². The van der Waals surface area contributed by atoms with Gasteiger partial charge in [0.2, 0.25) is 10.0 Å². The van der Waals surface area contributed by atoms with E-state index in [1.807, 2.05) is 12.1 Å². The molecule has 0 saturated heterocycles. The number of hydrogen-bond acceptors (Lipinski definition) is 6. The molecular formula is C32H35ClN2O5S. The minimum atomic E-state index is -3.91. The number of benzene rings is 2. The van der Waals surface area contributed by atoms with Crippen molar-refractivity contribution in [2.75, 3.05) is 24.6 Å². The number of carbonyl (C=O) groups excluding carboxylic acids is 2. The summed E-state index contributed by atoms with van der Waals surface area (Å²) < 4.78 is 34.3. The minimum Gasteiger partial charge on any atom is -0.490 e. The van der Waals surface area contributed by atoms with Crippen molar-refractivity contribution < 1.29 is 22.7 Å². The quantitative estimate of drug-likeness (QED) is 0.450. The van der Waals surface area contributed by atoms with Gasteiger partial charge in [-0.3, -0.25) is 9.59 Å². The molecule has 7 rings (SSSR count). The maximum atomic E-state index is 13.3. The van der Waals surface area contributed by atoms with E-state index in [0.29, 0.717) is 38.3 Å². The lowest BCUT2D eigenvalue weighted by molar-refractivity contribution is -0.122. The van der Waals surface area contributed by atoms with E-state index in [9.17, 15) is 18.0 Å². The molecule has 0 unspecified atom stereocenters. The molecule has 1 spiro atoms. The monoisotopic (exact) mass is 594 g/mol. The van der Waals surface area contributed by atoms with Crippen LogP contribution in [0.5, 0.6) is 5.75 Å². The van der Waals surface area contributed by atoms with Gasteiger partial charge in [0, 0.05) is 35.0 Å². The number of sulfonamides is 1. The fourth-order valence-corrected chi connectivity index (χ4v) is 9.31. The van der Waals surface area contributed by atoms with E-state index in [1.165, 1.54) is 11.1 Å². The molecule has 5 atom stereocenters. The van der Waals surface area contributed by atoms with Gasteiger partial charge >= 0.3 is 0 Å². The molecule has 0 aromatic heterocycles. The highest BCUT2D eigenvalue weighted by Gasteiger charge is 2.59. The molecule has 2 bridgehead atoms. The zero-order valence-corrected chi connectivity index (χ0v) is 24.8. The van der Waals surface area contributed by atoms with Gasteiger partial charge in [0.05, 0.1) is 17.0 Å². The molecule has 9 heteroatoms. The zero-order valence-electron chi connectivity index (χ0n) is 23.2. The van der Waals surface area contributed by atoms with Crippen molar-refractivity contribution in [2.24, 2.45) is 17.8 Å². The third-order valence-electron chi connectivity index (χ3n) is 10.4. The Balaban J connectivity index is 1.31. The number of rotatable bonds is 0. The van der Waals surface area contributed by atoms with Crippen LogP contribution in [0, 0.1) is 17.8 Å². The van der Waals surface area contributed by atoms with Crippen molar-refractivity contribution in [3.63, 3.8) is 0 Å². The summed E-state index contributed by atoms with van der Waals surface area (Å²) in [6.45, 7) is 3.50. The summed E-state index contributed by atoms with van der Waals surface area (Å²) in [5.74, 6) is 0.179. The summed E-state index contributed by atoms with van der Waals surface area (Å²) in [5.41, 5.74) is 3.26. The number of anilines is 1. The van der Waals surface area contributed by atoms with Crippen LogP contribution >= 0.6 is 11.6 Å². The number of nitrogens with one attached hydrogen (secondary N) is 1. The van der Waals surface area contributed by atoms with Gasteiger partial charge in [-0.2, -0.15) is 0 Å². The summed E-state index contributed by atoms with van der Waals surface area (Å²) in [5, 5.41) is 0.726. The van der Waals surface area contributed by atoms with Gasteiger partial charge in [0.15, 0.2) is 5.78 Å². The third kappa shape index (κ3) is 4.49. The maximum absolute atomic E-state index is 13.3. The molecule has 216 valence electrons. The minimum absolute atomic E-state index is 0.0547. The van der Waals surface area contributed by atoms with Crippen molar-refractivity contribution in [1.82, 2.24) is 4.72 Å². The van der Waals surface area contributed by atoms with Gasteiger partial charge in [-0.25, -0.2) is 13.1 Å². The molecule has 0 radical (unpaired) electrons. The molecule has 2 heterocycles. The van der Waals surface area contributed by atoms with Crippen molar-refractivity contribution in [1.29, 1.82) is 0 Å². The largest absolute Gasteiger partial charge is 0.490 e. The average molecular weight is 595 g/mol. The highest BCUT2D eigenvalue weighted by molar-refractivity contribution is 7.91. The van der Waals surface area contributed by atoms with Gasteiger partial charge in [-0.1, -0.05) is 23.7 Å². The van der Waals surface area contributed by atoms with E-state index in [1.54, 1.807) is 31.2 Å². The highest BCUT2D eigenvalue weighted by atomic mass is 35.5. The molecule has 1 amide bonds. The van der Waals surface area contributed by atoms with Crippen LogP contribution in [0.15, 0.2) is 48.6 Å². The van der Waals surface area contributed by atoms with Crippen molar-refractivity contribution in [2.45, 2.75) is 62.0 Å². The Kier molecular flexibility index (Phi) is 6.32. The molecule has 2 fully saturated rings. The van der Waals surface area contributed by atoms with E-state index in [4.69, 9.17) is 16.3 Å². The lowest BCUT2D eigenvalue weighted by atomic mass is 9.68. The second-order valence-electron chi connectivity index (χ2n) is 12.9. The molecule has 1 N–H and O–H groups in total. The zero-order chi connectivity index (χ0) is 28.6. The smallest absolute Gasteiger partial charge is 0.264 e. The third-order valence-corrected chi connectivity index (χ3v) is 12.9. The van der Waals surface area contributed by atoms with Crippen LogP contribution in [0.4, 0.5) is 5.69 Å². The molecule has 2 aromatic carbocycles. The van der Waals surface area contributed by atoms with Gasteiger partial charge in [0.25, 0.3) is 5.91 Å². The molecule has 3 aliphatic carbocycles. The maximum Gasteiger partial charge on any atom is 0.264 e. The Morgan fingerprint density at radius 3 is 2.78 bits per heavy atom. The number of carbonyl (C=O) groups is 2. The topological polar surface area (TPSA) is 92.8 Å². The number of allylic oxidation sites excluding steroid dienone is 2. The van der Waals surface area contributed by atoms with Crippen LogP contribution in [0.25, 0.3) is 0 Å². The molecule has 41 heavy (non-hydrogen) atoms. The fraction of sp³-hybridized carbons (Fsp3) is 0.500. The number of fused-ring (bicyclic) bond motifs is 5. The number of nitrogens with zero attached hydrogens (tertiary/aromatic N) is 1. The normalized spacial score (nSPS) is 34.6. The van der Waals surface area contributed by atoms with E-state index in [2.05, 4.69) is 21.8 Å². The van der Waals surface area contributed by atoms with Crippen molar-refractivity contribution in [3.05, 3.63) is 70.3 Å². The number of aryl methyl sites for hydroxylation is 1. The van der Waals surface area contributed by atoms with Crippen molar-refractivity contribution >= 4 is 39.0 Å². The summed E-state index contributed by atoms with van der Waals surface area (Å²) >= 11 is 6.37. The predicted octanol–water partition coefficient (Wildman–Crippen LogP) is 5.21. The lowest BCUT2D eigenvalue weighted by Crippen LogP contribution is -2.49. The van der Waals surface area contributed by atoms with E-state index in [-0.39, 0.29) is 34.5 Å². The molecule has 5 aliphatic rings. The highest BCUT2D eigenvalue weighted by Crippen LogP contribution is 2.52. The summed E-state index contributed by atoms with van der Waals surface area (Å²) in [7, 11) is -3.91. The Hall–Kier alpha value is -2.84. The number of hydrogen-bond donors (Lipinski definition) is 1. The summed E-state index contributed by atoms with van der Waals surface area (Å²) in [6, 6.07) is 11.3. The number of amides is 1. The van der Waals surface area contributed by atoms with Gasteiger partial charge in [-0.15, -0.1) is 0 Å². The van der Waals surface area contributed by atoms with Crippen LogP contribution in [-0.2, 0) is 26.7 Å². The Bertz CT molecular complexity index is 1590. The Morgan fingerprint density at radius 2 is 1.98 bits per heavy atom. The van der Waals surface area contributed by atoms with Crippen LogP contribution in [0.3, 0.4) is 0 Å². The Labute approximate surface area is 246 Å². The molecule has 7 nitrogen and oxygen atoms in total. The number of ether oxygens (including phenoxy) is 1.